The number of anilines is 2. The van der Waals surface area contributed by atoms with Gasteiger partial charge in [0.25, 0.3) is 5.56 Å². The first-order chi connectivity index (χ1) is 16.0. The first-order valence-electron chi connectivity index (χ1n) is 10.9. The van der Waals surface area contributed by atoms with Crippen LogP contribution in [0.25, 0.3) is 11.3 Å². The third-order valence-electron chi connectivity index (χ3n) is 5.30. The third-order valence-corrected chi connectivity index (χ3v) is 6.27. The minimum Gasteiger partial charge on any atom is -0.325 e. The number of amides is 2. The number of hydrogen-bond acceptors (Lipinski definition) is 6. The van der Waals surface area contributed by atoms with Crippen molar-refractivity contribution in [1.82, 2.24) is 15.2 Å². The number of rotatable bonds is 6. The Hall–Kier alpha value is -3.46. The average molecular weight is 480 g/mol. The van der Waals surface area contributed by atoms with Crippen LogP contribution in [-0.4, -0.2) is 32.2 Å². The Kier molecular flexibility index (Phi) is 7.56. The van der Waals surface area contributed by atoms with E-state index in [1.165, 1.54) is 6.92 Å². The van der Waals surface area contributed by atoms with Crippen molar-refractivity contribution in [3.63, 3.8) is 0 Å². The second-order valence-electron chi connectivity index (χ2n) is 8.52. The minimum absolute atomic E-state index is 0.0999. The van der Waals surface area contributed by atoms with E-state index in [4.69, 9.17) is 0 Å². The molecule has 3 N–H and O–H groups in total. The molecule has 1 atom stereocenters. The lowest BCUT2D eigenvalue weighted by Gasteiger charge is -2.16. The number of aryl methyl sites for hydroxylation is 5. The SMILES string of the molecule is CC(=O)Nc1c(C)cc(C)cc1-c1nnc(SC(C)C(=O)Nc2c(C)cc(C)cc2C)[nH]c1=O. The summed E-state index contributed by atoms with van der Waals surface area (Å²) in [5.41, 5.74) is 6.31. The number of hydrogen-bond donors (Lipinski definition) is 3. The van der Waals surface area contributed by atoms with Crippen LogP contribution in [0.15, 0.2) is 34.2 Å². The summed E-state index contributed by atoms with van der Waals surface area (Å²) in [4.78, 5) is 40.1. The fourth-order valence-electron chi connectivity index (χ4n) is 3.87. The maximum absolute atomic E-state index is 12.9. The lowest BCUT2D eigenvalue weighted by atomic mass is 10.0. The zero-order valence-corrected chi connectivity index (χ0v) is 21.2. The topological polar surface area (TPSA) is 117 Å². The number of carbonyl (C=O) groups is 2. The summed E-state index contributed by atoms with van der Waals surface area (Å²) in [7, 11) is 0. The van der Waals surface area contributed by atoms with Crippen LogP contribution in [0.2, 0.25) is 0 Å². The second-order valence-corrected chi connectivity index (χ2v) is 9.85. The van der Waals surface area contributed by atoms with E-state index < -0.39 is 10.8 Å². The Morgan fingerprint density at radius 3 is 2.00 bits per heavy atom. The van der Waals surface area contributed by atoms with Gasteiger partial charge in [0.1, 0.15) is 0 Å². The molecule has 2 amide bonds. The standard InChI is InChI=1S/C25H29N5O3S/c1-12-8-14(3)20(15(4)9-12)27-23(32)17(6)34-25-28-24(33)22(29-30-25)19-11-13(2)10-16(5)21(19)26-18(7)31/h8-11,17H,1-7H3,(H,26,31)(H,27,32)(H,28,30,33). The van der Waals surface area contributed by atoms with Crippen LogP contribution in [0.5, 0.6) is 0 Å². The van der Waals surface area contributed by atoms with Gasteiger partial charge in [0.15, 0.2) is 10.9 Å². The van der Waals surface area contributed by atoms with Gasteiger partial charge in [-0.3, -0.25) is 19.4 Å². The number of nitrogens with one attached hydrogen (secondary N) is 3. The smallest absolute Gasteiger partial charge is 0.278 e. The Labute approximate surface area is 203 Å². The highest BCUT2D eigenvalue weighted by Crippen LogP contribution is 2.30. The molecular weight excluding hydrogens is 450 g/mol. The molecule has 0 saturated carbocycles. The Morgan fingerprint density at radius 2 is 1.44 bits per heavy atom. The molecule has 0 spiro atoms. The third kappa shape index (κ3) is 5.72. The molecule has 1 unspecified atom stereocenters. The van der Waals surface area contributed by atoms with Crippen LogP contribution in [-0.2, 0) is 9.59 Å². The molecule has 8 nitrogen and oxygen atoms in total. The van der Waals surface area contributed by atoms with Crippen LogP contribution in [0.4, 0.5) is 11.4 Å². The number of aromatic nitrogens is 3. The van der Waals surface area contributed by atoms with E-state index in [1.54, 1.807) is 13.0 Å². The van der Waals surface area contributed by atoms with Gasteiger partial charge < -0.3 is 10.6 Å². The van der Waals surface area contributed by atoms with Crippen LogP contribution < -0.4 is 16.2 Å². The summed E-state index contributed by atoms with van der Waals surface area (Å²) in [5.74, 6) is -0.447. The first-order valence-corrected chi connectivity index (χ1v) is 11.8. The maximum Gasteiger partial charge on any atom is 0.278 e. The van der Waals surface area contributed by atoms with Crippen molar-refractivity contribution in [3.8, 4) is 11.3 Å². The van der Waals surface area contributed by atoms with Gasteiger partial charge in [0.05, 0.1) is 10.9 Å². The van der Waals surface area contributed by atoms with Gasteiger partial charge in [0.2, 0.25) is 11.8 Å². The predicted octanol–water partition coefficient (Wildman–Crippen LogP) is 4.45. The number of nitrogens with zero attached hydrogens (tertiary/aromatic N) is 2. The molecule has 0 saturated heterocycles. The van der Waals surface area contributed by atoms with E-state index >= 15 is 0 Å². The van der Waals surface area contributed by atoms with E-state index in [2.05, 4.69) is 25.8 Å². The van der Waals surface area contributed by atoms with Gasteiger partial charge in [-0.15, -0.1) is 10.2 Å². The fraction of sp³-hybridized carbons (Fsp3) is 0.320. The molecule has 0 aliphatic rings. The molecule has 0 radical (unpaired) electrons. The normalized spacial score (nSPS) is 11.7. The quantitative estimate of drug-likeness (QED) is 0.450. The van der Waals surface area contributed by atoms with Crippen molar-refractivity contribution in [2.75, 3.05) is 10.6 Å². The van der Waals surface area contributed by atoms with Crippen LogP contribution in [0, 0.1) is 34.6 Å². The summed E-state index contributed by atoms with van der Waals surface area (Å²) in [6, 6.07) is 7.74. The molecule has 3 aromatic rings. The van der Waals surface area contributed by atoms with Crippen molar-refractivity contribution in [3.05, 3.63) is 62.4 Å². The zero-order valence-electron chi connectivity index (χ0n) is 20.4. The fourth-order valence-corrected chi connectivity index (χ4v) is 4.61. The summed E-state index contributed by atoms with van der Waals surface area (Å²) >= 11 is 1.11. The highest BCUT2D eigenvalue weighted by Gasteiger charge is 2.20. The van der Waals surface area contributed by atoms with Crippen LogP contribution in [0.1, 0.15) is 41.7 Å². The Morgan fingerprint density at radius 1 is 0.882 bits per heavy atom. The lowest BCUT2D eigenvalue weighted by molar-refractivity contribution is -0.115. The molecule has 178 valence electrons. The van der Waals surface area contributed by atoms with Crippen molar-refractivity contribution >= 4 is 35.0 Å². The van der Waals surface area contributed by atoms with Crippen LogP contribution in [0.3, 0.4) is 0 Å². The summed E-state index contributed by atoms with van der Waals surface area (Å²) in [5, 5.41) is 13.7. The molecule has 2 aromatic carbocycles. The molecule has 1 aromatic heterocycles. The number of aromatic amines is 1. The van der Waals surface area contributed by atoms with Gasteiger partial charge >= 0.3 is 0 Å². The van der Waals surface area contributed by atoms with E-state index in [9.17, 15) is 14.4 Å². The van der Waals surface area contributed by atoms with Gasteiger partial charge in [0, 0.05) is 18.2 Å². The summed E-state index contributed by atoms with van der Waals surface area (Å²) in [6.07, 6.45) is 0. The van der Waals surface area contributed by atoms with Gasteiger partial charge in [-0.05, 0) is 64.3 Å². The highest BCUT2D eigenvalue weighted by atomic mass is 32.2. The molecule has 3 rings (SSSR count). The van der Waals surface area contributed by atoms with Gasteiger partial charge in [-0.2, -0.15) is 0 Å². The molecule has 34 heavy (non-hydrogen) atoms. The summed E-state index contributed by atoms with van der Waals surface area (Å²) in [6.45, 7) is 12.8. The van der Waals surface area contributed by atoms with Gasteiger partial charge in [-0.25, -0.2) is 0 Å². The van der Waals surface area contributed by atoms with Crippen molar-refractivity contribution < 1.29 is 9.59 Å². The molecule has 0 fully saturated rings. The first kappa shape index (κ1) is 25.2. The van der Waals surface area contributed by atoms with E-state index in [-0.39, 0.29) is 22.7 Å². The van der Waals surface area contributed by atoms with Crippen LogP contribution >= 0.6 is 11.8 Å². The van der Waals surface area contributed by atoms with E-state index in [0.717, 1.165) is 45.3 Å². The Bertz CT molecular complexity index is 1310. The highest BCUT2D eigenvalue weighted by molar-refractivity contribution is 8.00. The Balaban J connectivity index is 1.83. The van der Waals surface area contributed by atoms with Crippen molar-refractivity contribution in [2.45, 2.75) is 58.9 Å². The number of carbonyl (C=O) groups excluding carboxylic acids is 2. The number of benzene rings is 2. The zero-order chi connectivity index (χ0) is 25.2. The minimum atomic E-state index is -0.521. The number of thioether (sulfide) groups is 1. The average Bonchev–Trinajstić information content (AvgIpc) is 2.72. The molecule has 0 aliphatic carbocycles. The number of H-pyrrole nitrogens is 1. The van der Waals surface area contributed by atoms with Crippen molar-refractivity contribution in [2.24, 2.45) is 0 Å². The molecular formula is C25H29N5O3S. The maximum atomic E-state index is 12.9. The van der Waals surface area contributed by atoms with Crippen molar-refractivity contribution in [1.29, 1.82) is 0 Å². The largest absolute Gasteiger partial charge is 0.325 e. The monoisotopic (exact) mass is 479 g/mol. The summed E-state index contributed by atoms with van der Waals surface area (Å²) < 4.78 is 0. The second kappa shape index (κ2) is 10.2. The van der Waals surface area contributed by atoms with E-state index in [0.29, 0.717) is 11.3 Å². The lowest BCUT2D eigenvalue weighted by Crippen LogP contribution is -2.24. The molecule has 1 heterocycles. The molecule has 0 aliphatic heterocycles. The predicted molar refractivity (Wildman–Crippen MR) is 136 cm³/mol. The molecule has 9 heteroatoms. The van der Waals surface area contributed by atoms with Gasteiger partial charge in [-0.1, -0.05) is 41.1 Å². The molecule has 0 bridgehead atoms. The van der Waals surface area contributed by atoms with E-state index in [1.807, 2.05) is 52.8 Å².